The fourth-order valence-electron chi connectivity index (χ4n) is 0.688. The summed E-state index contributed by atoms with van der Waals surface area (Å²) in [7, 11) is 1.58. The molecule has 5 heteroatoms. The number of aromatic nitrogens is 2. The highest BCUT2D eigenvalue weighted by Gasteiger charge is 2.09. The van der Waals surface area contributed by atoms with Crippen LogP contribution in [0.5, 0.6) is 0 Å². The molecule has 0 aliphatic carbocycles. The summed E-state index contributed by atoms with van der Waals surface area (Å²) >= 11 is 0. The first-order valence-electron chi connectivity index (χ1n) is 2.63. The number of imidazole rings is 1. The Balaban J connectivity index is 3.15. The molecular weight excluding hydrogens is 134 g/mol. The van der Waals surface area contributed by atoms with Crippen LogP contribution in [0, 0.1) is 0 Å². The van der Waals surface area contributed by atoms with E-state index >= 15 is 0 Å². The minimum Gasteiger partial charge on any atom is -0.475 e. The Kier molecular flexibility index (Phi) is 1.33. The average molecular weight is 141 g/mol. The van der Waals surface area contributed by atoms with Gasteiger partial charge in [-0.2, -0.15) is 0 Å². The van der Waals surface area contributed by atoms with Crippen LogP contribution < -0.4 is 5.73 Å². The number of aryl methyl sites for hydroxylation is 1. The predicted octanol–water partition coefficient (Wildman–Crippen LogP) is -0.300. The first-order valence-corrected chi connectivity index (χ1v) is 2.63. The maximum Gasteiger partial charge on any atom is 0.372 e. The second-order valence-electron chi connectivity index (χ2n) is 1.91. The first kappa shape index (κ1) is 6.60. The molecule has 0 aromatic carbocycles. The van der Waals surface area contributed by atoms with Gasteiger partial charge in [0, 0.05) is 13.2 Å². The van der Waals surface area contributed by atoms with Crippen LogP contribution in [-0.4, -0.2) is 20.6 Å². The largest absolute Gasteiger partial charge is 0.475 e. The lowest BCUT2D eigenvalue weighted by molar-refractivity contribution is 0.0680. The number of aromatic carboxylic acids is 1. The maximum absolute atomic E-state index is 10.3. The zero-order valence-electron chi connectivity index (χ0n) is 5.40. The maximum atomic E-state index is 10.3. The molecule has 0 fully saturated rings. The van der Waals surface area contributed by atoms with E-state index < -0.39 is 5.97 Å². The molecule has 0 aliphatic rings. The van der Waals surface area contributed by atoms with Crippen LogP contribution in [0.3, 0.4) is 0 Å². The molecular formula is C5H7N3O2. The second kappa shape index (κ2) is 2.02. The van der Waals surface area contributed by atoms with Crippen LogP contribution in [0.25, 0.3) is 0 Å². The first-order chi connectivity index (χ1) is 4.61. The van der Waals surface area contributed by atoms with E-state index in [-0.39, 0.29) is 11.6 Å². The fourth-order valence-corrected chi connectivity index (χ4v) is 0.688. The molecule has 0 unspecified atom stereocenters. The van der Waals surface area contributed by atoms with Gasteiger partial charge in [-0.1, -0.05) is 0 Å². The van der Waals surface area contributed by atoms with E-state index in [2.05, 4.69) is 4.98 Å². The molecule has 1 heterocycles. The lowest BCUT2D eigenvalue weighted by Crippen LogP contribution is -2.05. The number of nitrogens with two attached hydrogens (primary N) is 1. The van der Waals surface area contributed by atoms with E-state index in [1.807, 2.05) is 0 Å². The lowest BCUT2D eigenvalue weighted by Gasteiger charge is -1.90. The zero-order chi connectivity index (χ0) is 7.72. The standard InChI is InChI=1S/C5H7N3O2/c1-8-2-3(6)7-4(8)5(9)10/h2H,6H2,1H3,(H,9,10). The Bertz CT molecular complexity index is 266. The van der Waals surface area contributed by atoms with Crippen molar-refractivity contribution in [1.29, 1.82) is 0 Å². The van der Waals surface area contributed by atoms with Crippen molar-refractivity contribution in [3.05, 3.63) is 12.0 Å². The van der Waals surface area contributed by atoms with Crippen molar-refractivity contribution in [1.82, 2.24) is 9.55 Å². The highest BCUT2D eigenvalue weighted by atomic mass is 16.4. The molecule has 3 N–H and O–H groups in total. The topological polar surface area (TPSA) is 81.1 Å². The zero-order valence-corrected chi connectivity index (χ0v) is 5.40. The van der Waals surface area contributed by atoms with Gasteiger partial charge in [-0.25, -0.2) is 9.78 Å². The van der Waals surface area contributed by atoms with Gasteiger partial charge in [0.2, 0.25) is 5.82 Å². The van der Waals surface area contributed by atoms with Crippen molar-refractivity contribution in [2.75, 3.05) is 5.73 Å². The number of hydrogen-bond donors (Lipinski definition) is 2. The molecule has 0 spiro atoms. The molecule has 1 rings (SSSR count). The Morgan fingerprint density at radius 3 is 2.70 bits per heavy atom. The smallest absolute Gasteiger partial charge is 0.372 e. The van der Waals surface area contributed by atoms with Gasteiger partial charge >= 0.3 is 5.97 Å². The van der Waals surface area contributed by atoms with Crippen LogP contribution in [0.1, 0.15) is 10.6 Å². The summed E-state index contributed by atoms with van der Waals surface area (Å²) in [5, 5.41) is 8.44. The van der Waals surface area contributed by atoms with Crippen LogP contribution in [0.2, 0.25) is 0 Å². The quantitative estimate of drug-likeness (QED) is 0.562. The minimum atomic E-state index is -1.07. The Labute approximate surface area is 57.1 Å². The van der Waals surface area contributed by atoms with E-state index in [4.69, 9.17) is 10.8 Å². The number of anilines is 1. The minimum absolute atomic E-state index is 0.0440. The summed E-state index contributed by atoms with van der Waals surface area (Å²) in [6.07, 6.45) is 1.45. The van der Waals surface area contributed by atoms with Crippen molar-refractivity contribution in [3.8, 4) is 0 Å². The number of nitrogen functional groups attached to an aromatic ring is 1. The van der Waals surface area contributed by atoms with Gasteiger partial charge in [-0.05, 0) is 0 Å². The molecule has 5 nitrogen and oxygen atoms in total. The number of carboxylic acid groups (broad SMARTS) is 1. The summed E-state index contributed by atoms with van der Waals surface area (Å²) in [5.41, 5.74) is 5.22. The number of hydrogen-bond acceptors (Lipinski definition) is 3. The van der Waals surface area contributed by atoms with Gasteiger partial charge < -0.3 is 15.4 Å². The van der Waals surface area contributed by atoms with E-state index in [1.165, 1.54) is 10.8 Å². The highest BCUT2D eigenvalue weighted by molar-refractivity contribution is 5.84. The molecule has 0 radical (unpaired) electrons. The number of carboxylic acids is 1. The van der Waals surface area contributed by atoms with Crippen LogP contribution >= 0.6 is 0 Å². The van der Waals surface area contributed by atoms with E-state index in [0.717, 1.165) is 0 Å². The molecule has 1 aromatic rings. The normalized spacial score (nSPS) is 9.70. The molecule has 0 aliphatic heterocycles. The van der Waals surface area contributed by atoms with Crippen LogP contribution in [-0.2, 0) is 7.05 Å². The fraction of sp³-hybridized carbons (Fsp3) is 0.200. The molecule has 0 bridgehead atoms. The molecule has 0 amide bonds. The molecule has 10 heavy (non-hydrogen) atoms. The van der Waals surface area contributed by atoms with Crippen molar-refractivity contribution in [2.45, 2.75) is 0 Å². The van der Waals surface area contributed by atoms with Gasteiger partial charge in [0.15, 0.2) is 0 Å². The number of carbonyl (C=O) groups is 1. The van der Waals surface area contributed by atoms with Crippen molar-refractivity contribution >= 4 is 11.8 Å². The van der Waals surface area contributed by atoms with Crippen molar-refractivity contribution in [3.63, 3.8) is 0 Å². The SMILES string of the molecule is Cn1cc(N)nc1C(=O)O. The Morgan fingerprint density at radius 1 is 1.90 bits per heavy atom. The molecule has 0 saturated carbocycles. The third-order valence-electron chi connectivity index (χ3n) is 1.09. The van der Waals surface area contributed by atoms with E-state index in [0.29, 0.717) is 0 Å². The summed E-state index contributed by atoms with van der Waals surface area (Å²) in [4.78, 5) is 13.8. The molecule has 54 valence electrons. The Morgan fingerprint density at radius 2 is 2.50 bits per heavy atom. The predicted molar refractivity (Wildman–Crippen MR) is 34.6 cm³/mol. The summed E-state index contributed by atoms with van der Waals surface area (Å²) in [6.45, 7) is 0. The van der Waals surface area contributed by atoms with Gasteiger partial charge in [0.25, 0.3) is 0 Å². The van der Waals surface area contributed by atoms with Gasteiger partial charge in [-0.15, -0.1) is 0 Å². The average Bonchev–Trinajstić information content (AvgIpc) is 2.10. The summed E-state index contributed by atoms with van der Waals surface area (Å²) in [6, 6.07) is 0. The van der Waals surface area contributed by atoms with E-state index in [9.17, 15) is 4.79 Å². The highest BCUT2D eigenvalue weighted by Crippen LogP contribution is 2.01. The van der Waals surface area contributed by atoms with Gasteiger partial charge in [0.05, 0.1) is 0 Å². The van der Waals surface area contributed by atoms with Crippen LogP contribution in [0.15, 0.2) is 6.20 Å². The van der Waals surface area contributed by atoms with Crippen molar-refractivity contribution in [2.24, 2.45) is 7.05 Å². The third-order valence-corrected chi connectivity index (χ3v) is 1.09. The Hall–Kier alpha value is -1.52. The molecule has 0 atom stereocenters. The van der Waals surface area contributed by atoms with E-state index in [1.54, 1.807) is 7.05 Å². The molecule has 0 saturated heterocycles. The monoisotopic (exact) mass is 141 g/mol. The van der Waals surface area contributed by atoms with Crippen LogP contribution in [0.4, 0.5) is 5.82 Å². The lowest BCUT2D eigenvalue weighted by atomic mass is 10.6. The third kappa shape index (κ3) is 0.928. The summed E-state index contributed by atoms with van der Waals surface area (Å²) < 4.78 is 1.36. The van der Waals surface area contributed by atoms with Gasteiger partial charge in [0.1, 0.15) is 5.82 Å². The van der Waals surface area contributed by atoms with Crippen molar-refractivity contribution < 1.29 is 9.90 Å². The second-order valence-corrected chi connectivity index (χ2v) is 1.91. The molecule has 1 aromatic heterocycles. The van der Waals surface area contributed by atoms with Gasteiger partial charge in [-0.3, -0.25) is 0 Å². The number of nitrogens with zero attached hydrogens (tertiary/aromatic N) is 2. The summed E-state index contributed by atoms with van der Waals surface area (Å²) in [5.74, 6) is -0.892. The number of rotatable bonds is 1.